The average molecular weight is 450 g/mol. The Morgan fingerprint density at radius 2 is 1.88 bits per heavy atom. The number of furan rings is 1. The van der Waals surface area contributed by atoms with Gasteiger partial charge >= 0.3 is 23.9 Å². The second-order valence-electron chi connectivity index (χ2n) is 9.10. The van der Waals surface area contributed by atoms with Gasteiger partial charge in [-0.2, -0.15) is 0 Å². The van der Waals surface area contributed by atoms with Crippen molar-refractivity contribution in [2.24, 2.45) is 28.6 Å². The Bertz CT molecular complexity index is 876. The zero-order valence-corrected chi connectivity index (χ0v) is 19.0. The Morgan fingerprint density at radius 1 is 1.16 bits per heavy atom. The SMILES string of the molecule is COC(=O)C[C@@H](C(=O)OC)C1(C)CC[C@H]2C(=O)O[C@H](c3ccoc3)C[C@]2(C)[C@H]1C(=O)OC. The van der Waals surface area contributed by atoms with Crippen LogP contribution in [0.3, 0.4) is 0 Å². The van der Waals surface area contributed by atoms with E-state index in [-0.39, 0.29) is 6.42 Å². The van der Waals surface area contributed by atoms with Crippen molar-refractivity contribution >= 4 is 23.9 Å². The highest BCUT2D eigenvalue weighted by molar-refractivity contribution is 5.84. The van der Waals surface area contributed by atoms with Gasteiger partial charge in [0.2, 0.25) is 0 Å². The smallest absolute Gasteiger partial charge is 0.310 e. The van der Waals surface area contributed by atoms with Crippen LogP contribution in [0.2, 0.25) is 0 Å². The largest absolute Gasteiger partial charge is 0.472 e. The fourth-order valence-corrected chi connectivity index (χ4v) is 5.85. The highest BCUT2D eigenvalue weighted by Gasteiger charge is 2.65. The summed E-state index contributed by atoms with van der Waals surface area (Å²) in [6.45, 7) is 3.64. The molecule has 9 nitrogen and oxygen atoms in total. The number of hydrogen-bond acceptors (Lipinski definition) is 9. The quantitative estimate of drug-likeness (QED) is 0.476. The average Bonchev–Trinajstić information content (AvgIpc) is 3.30. The molecule has 2 heterocycles. The van der Waals surface area contributed by atoms with Crippen LogP contribution in [0.1, 0.15) is 51.2 Å². The van der Waals surface area contributed by atoms with Crippen LogP contribution in [0, 0.1) is 28.6 Å². The molecule has 1 saturated carbocycles. The van der Waals surface area contributed by atoms with Gasteiger partial charge in [0.15, 0.2) is 0 Å². The lowest BCUT2D eigenvalue weighted by atomic mass is 9.46. The minimum Gasteiger partial charge on any atom is -0.472 e. The molecule has 32 heavy (non-hydrogen) atoms. The highest BCUT2D eigenvalue weighted by atomic mass is 16.5. The molecule has 0 aromatic carbocycles. The molecule has 1 aromatic heterocycles. The van der Waals surface area contributed by atoms with Crippen LogP contribution in [0.25, 0.3) is 0 Å². The summed E-state index contributed by atoms with van der Waals surface area (Å²) in [6, 6.07) is 1.71. The van der Waals surface area contributed by atoms with Gasteiger partial charge in [-0.1, -0.05) is 13.8 Å². The Balaban J connectivity index is 2.10. The van der Waals surface area contributed by atoms with Crippen molar-refractivity contribution in [1.82, 2.24) is 0 Å². The number of carbonyl (C=O) groups is 4. The van der Waals surface area contributed by atoms with E-state index in [1.807, 2.05) is 6.92 Å². The number of rotatable bonds is 6. The molecular weight excluding hydrogens is 420 g/mol. The van der Waals surface area contributed by atoms with Gasteiger partial charge in [-0.15, -0.1) is 0 Å². The molecule has 0 radical (unpaired) electrons. The monoisotopic (exact) mass is 450 g/mol. The molecule has 2 fully saturated rings. The van der Waals surface area contributed by atoms with E-state index in [0.29, 0.717) is 24.8 Å². The number of hydrogen-bond donors (Lipinski definition) is 0. The molecular formula is C23H30O9. The van der Waals surface area contributed by atoms with Crippen molar-refractivity contribution in [1.29, 1.82) is 0 Å². The molecule has 0 spiro atoms. The summed E-state index contributed by atoms with van der Waals surface area (Å²) in [5, 5.41) is 0. The number of esters is 4. The maximum absolute atomic E-state index is 13.3. The zero-order chi connectivity index (χ0) is 23.7. The van der Waals surface area contributed by atoms with Crippen molar-refractivity contribution in [2.45, 2.75) is 45.6 Å². The molecule has 1 saturated heterocycles. The Labute approximate surface area is 186 Å². The van der Waals surface area contributed by atoms with Gasteiger partial charge in [0.05, 0.1) is 58.0 Å². The van der Waals surface area contributed by atoms with E-state index in [0.717, 1.165) is 0 Å². The number of methoxy groups -OCH3 is 3. The van der Waals surface area contributed by atoms with E-state index in [2.05, 4.69) is 0 Å². The first-order valence-corrected chi connectivity index (χ1v) is 10.6. The summed E-state index contributed by atoms with van der Waals surface area (Å²) in [5.41, 5.74) is -1.22. The van der Waals surface area contributed by atoms with Crippen molar-refractivity contribution in [3.05, 3.63) is 24.2 Å². The van der Waals surface area contributed by atoms with Crippen molar-refractivity contribution in [2.75, 3.05) is 21.3 Å². The van der Waals surface area contributed by atoms with Gasteiger partial charge in [0.25, 0.3) is 0 Å². The van der Waals surface area contributed by atoms with Gasteiger partial charge < -0.3 is 23.4 Å². The van der Waals surface area contributed by atoms with Gasteiger partial charge in [0.1, 0.15) is 6.10 Å². The van der Waals surface area contributed by atoms with E-state index in [9.17, 15) is 19.2 Å². The molecule has 176 valence electrons. The third-order valence-corrected chi connectivity index (χ3v) is 7.49. The summed E-state index contributed by atoms with van der Waals surface area (Å²) < 4.78 is 25.8. The fraction of sp³-hybridized carbons (Fsp3) is 0.652. The van der Waals surface area contributed by atoms with Gasteiger partial charge in [0, 0.05) is 5.56 Å². The maximum atomic E-state index is 13.3. The second-order valence-corrected chi connectivity index (χ2v) is 9.10. The minimum atomic E-state index is -1.02. The molecule has 3 rings (SSSR count). The summed E-state index contributed by atoms with van der Waals surface area (Å²) in [4.78, 5) is 51.3. The van der Waals surface area contributed by atoms with Gasteiger partial charge in [-0.05, 0) is 36.2 Å². The summed E-state index contributed by atoms with van der Waals surface area (Å²) in [7, 11) is 3.75. The van der Waals surface area contributed by atoms with E-state index >= 15 is 0 Å². The number of fused-ring (bicyclic) bond motifs is 1. The summed E-state index contributed by atoms with van der Waals surface area (Å²) in [5.74, 6) is -4.51. The molecule has 1 aliphatic heterocycles. The van der Waals surface area contributed by atoms with E-state index in [1.54, 1.807) is 13.0 Å². The van der Waals surface area contributed by atoms with Crippen molar-refractivity contribution in [3.63, 3.8) is 0 Å². The Morgan fingerprint density at radius 3 is 2.44 bits per heavy atom. The van der Waals surface area contributed by atoms with Crippen LogP contribution in [0.5, 0.6) is 0 Å². The Hall–Kier alpha value is -2.84. The predicted molar refractivity (Wildman–Crippen MR) is 109 cm³/mol. The minimum absolute atomic E-state index is 0.247. The highest BCUT2D eigenvalue weighted by Crippen LogP contribution is 2.63. The van der Waals surface area contributed by atoms with Gasteiger partial charge in [-0.25, -0.2) is 0 Å². The number of carbonyl (C=O) groups excluding carboxylic acids is 4. The fourth-order valence-electron chi connectivity index (χ4n) is 5.85. The lowest BCUT2D eigenvalue weighted by molar-refractivity contribution is -0.206. The van der Waals surface area contributed by atoms with E-state index in [4.69, 9.17) is 23.4 Å². The summed E-state index contributed by atoms with van der Waals surface area (Å²) in [6.07, 6.45) is 3.21. The van der Waals surface area contributed by atoms with Crippen molar-refractivity contribution in [3.8, 4) is 0 Å². The molecule has 2 aliphatic rings. The van der Waals surface area contributed by atoms with Crippen LogP contribution in [-0.2, 0) is 38.1 Å². The zero-order valence-electron chi connectivity index (χ0n) is 19.0. The lowest BCUT2D eigenvalue weighted by Gasteiger charge is -2.57. The maximum Gasteiger partial charge on any atom is 0.310 e. The van der Waals surface area contributed by atoms with Crippen LogP contribution in [0.4, 0.5) is 0 Å². The van der Waals surface area contributed by atoms with Crippen molar-refractivity contribution < 1.29 is 42.5 Å². The summed E-state index contributed by atoms with van der Waals surface area (Å²) >= 11 is 0. The molecule has 0 N–H and O–H groups in total. The van der Waals surface area contributed by atoms with Crippen LogP contribution in [-0.4, -0.2) is 45.2 Å². The second kappa shape index (κ2) is 8.96. The Kier molecular flexibility index (Phi) is 6.67. The molecule has 6 atom stereocenters. The molecule has 1 aromatic rings. The normalized spacial score (nSPS) is 32.8. The third kappa shape index (κ3) is 3.89. The standard InChI is InChI=1S/C23H30O9/c1-22(15(19(25)29-4)10-17(24)28-3)8-6-14-20(26)32-16(13-7-9-31-12-13)11-23(14,2)18(22)21(27)30-5/h7,9,12,14-16,18H,6,8,10-11H2,1-5H3/t14-,15-,16-,18-,22?,23-/m0/s1. The van der Waals surface area contributed by atoms with Gasteiger partial charge in [-0.3, -0.25) is 19.2 Å². The van der Waals surface area contributed by atoms with Crippen LogP contribution in [0.15, 0.2) is 23.0 Å². The molecule has 1 aliphatic carbocycles. The van der Waals surface area contributed by atoms with E-state index in [1.165, 1.54) is 33.9 Å². The molecule has 0 amide bonds. The third-order valence-electron chi connectivity index (χ3n) is 7.49. The van der Waals surface area contributed by atoms with Crippen LogP contribution >= 0.6 is 0 Å². The first-order chi connectivity index (χ1) is 15.1. The molecule has 9 heteroatoms. The van der Waals surface area contributed by atoms with Crippen LogP contribution < -0.4 is 0 Å². The first kappa shape index (κ1) is 23.8. The van der Waals surface area contributed by atoms with E-state index < -0.39 is 58.6 Å². The topological polar surface area (TPSA) is 118 Å². The predicted octanol–water partition coefficient (Wildman–Crippen LogP) is 2.83. The molecule has 1 unspecified atom stereocenters. The lowest BCUT2D eigenvalue weighted by Crippen LogP contribution is -2.60. The molecule has 0 bridgehead atoms. The number of ether oxygens (including phenoxy) is 4. The number of cyclic esters (lactones) is 1. The first-order valence-electron chi connectivity index (χ1n) is 10.6.